The number of hydrogen-bond donors (Lipinski definition) is 1. The molecule has 7 nitrogen and oxygen atoms in total. The van der Waals surface area contributed by atoms with Crippen molar-refractivity contribution in [3.63, 3.8) is 0 Å². The highest BCUT2D eigenvalue weighted by Gasteiger charge is 2.22. The highest BCUT2D eigenvalue weighted by Crippen LogP contribution is 2.22. The quantitative estimate of drug-likeness (QED) is 0.600. The van der Waals surface area contributed by atoms with Crippen molar-refractivity contribution in [2.24, 2.45) is 5.92 Å². The Morgan fingerprint density at radius 3 is 2.62 bits per heavy atom. The van der Waals surface area contributed by atoms with Crippen molar-refractivity contribution in [3.8, 4) is 5.75 Å². The van der Waals surface area contributed by atoms with Gasteiger partial charge in [0.1, 0.15) is 17.4 Å². The zero-order valence-corrected chi connectivity index (χ0v) is 15.3. The number of carbonyl (C=O) groups excluding carboxylic acids is 2. The summed E-state index contributed by atoms with van der Waals surface area (Å²) in [5.74, 6) is -0.325. The molecule has 0 aliphatic carbocycles. The average Bonchev–Trinajstić information content (AvgIpc) is 2.57. The van der Waals surface area contributed by atoms with Gasteiger partial charge < -0.3 is 19.2 Å². The second kappa shape index (κ2) is 8.51. The van der Waals surface area contributed by atoms with Crippen LogP contribution in [0.25, 0.3) is 11.0 Å². The lowest BCUT2D eigenvalue weighted by molar-refractivity contribution is -0.145. The maximum atomic E-state index is 12.1. The van der Waals surface area contributed by atoms with Crippen LogP contribution in [0, 0.1) is 12.8 Å². The molecular weight excluding hydrogens is 338 g/mol. The molecule has 1 N–H and O–H groups in total. The second-order valence-electron chi connectivity index (χ2n) is 6.47. The first kappa shape index (κ1) is 19.5. The Bertz CT molecular complexity index is 855. The van der Waals surface area contributed by atoms with E-state index in [9.17, 15) is 14.4 Å². The highest BCUT2D eigenvalue weighted by molar-refractivity contribution is 5.85. The molecule has 1 aromatic carbocycles. The number of amides is 1. The minimum Gasteiger partial charge on any atom is -0.484 e. The van der Waals surface area contributed by atoms with Crippen molar-refractivity contribution in [2.45, 2.75) is 33.2 Å². The fraction of sp³-hybridized carbons (Fsp3) is 0.421. The Hall–Kier alpha value is -2.83. The van der Waals surface area contributed by atoms with Crippen molar-refractivity contribution in [2.75, 3.05) is 13.7 Å². The molecule has 26 heavy (non-hydrogen) atoms. The van der Waals surface area contributed by atoms with Crippen molar-refractivity contribution in [3.05, 3.63) is 40.2 Å². The minimum atomic E-state index is -0.714. The maximum Gasteiger partial charge on any atom is 0.336 e. The molecule has 1 unspecified atom stereocenters. The van der Waals surface area contributed by atoms with Gasteiger partial charge in [-0.2, -0.15) is 0 Å². The normalized spacial score (nSPS) is 12.0. The molecule has 1 heterocycles. The van der Waals surface area contributed by atoms with Crippen LogP contribution < -0.4 is 15.7 Å². The van der Waals surface area contributed by atoms with Gasteiger partial charge in [-0.15, -0.1) is 0 Å². The number of nitrogens with one attached hydrogen (secondary N) is 1. The van der Waals surface area contributed by atoms with E-state index in [1.807, 2.05) is 20.8 Å². The number of hydrogen-bond acceptors (Lipinski definition) is 6. The minimum absolute atomic E-state index is 0.215. The number of rotatable bonds is 7. The van der Waals surface area contributed by atoms with Gasteiger partial charge in [-0.1, -0.05) is 13.8 Å². The number of carbonyl (C=O) groups is 2. The largest absolute Gasteiger partial charge is 0.484 e. The zero-order chi connectivity index (χ0) is 19.3. The van der Waals surface area contributed by atoms with E-state index < -0.39 is 23.5 Å². The van der Waals surface area contributed by atoms with E-state index in [0.717, 1.165) is 10.9 Å². The first-order valence-corrected chi connectivity index (χ1v) is 8.34. The summed E-state index contributed by atoms with van der Waals surface area (Å²) < 4.78 is 15.3. The molecule has 0 aliphatic heterocycles. The van der Waals surface area contributed by atoms with Crippen molar-refractivity contribution >= 4 is 22.8 Å². The van der Waals surface area contributed by atoms with Gasteiger partial charge in [0.05, 0.1) is 7.11 Å². The van der Waals surface area contributed by atoms with Gasteiger partial charge in [0.2, 0.25) is 0 Å². The molecule has 1 aromatic heterocycles. The van der Waals surface area contributed by atoms with Crippen LogP contribution in [-0.2, 0) is 14.3 Å². The van der Waals surface area contributed by atoms with Gasteiger partial charge in [0.25, 0.3) is 5.91 Å². The van der Waals surface area contributed by atoms with Gasteiger partial charge in [-0.3, -0.25) is 4.79 Å². The molecule has 140 valence electrons. The molecule has 2 rings (SSSR count). The van der Waals surface area contributed by atoms with E-state index >= 15 is 0 Å². The molecule has 0 saturated heterocycles. The predicted molar refractivity (Wildman–Crippen MR) is 96.1 cm³/mol. The zero-order valence-electron chi connectivity index (χ0n) is 15.3. The van der Waals surface area contributed by atoms with Gasteiger partial charge >= 0.3 is 11.6 Å². The van der Waals surface area contributed by atoms with Gasteiger partial charge in [0, 0.05) is 17.5 Å². The lowest BCUT2D eigenvalue weighted by Crippen LogP contribution is -2.44. The average molecular weight is 361 g/mol. The van der Waals surface area contributed by atoms with Gasteiger partial charge in [0.15, 0.2) is 6.61 Å². The number of esters is 1. The summed E-state index contributed by atoms with van der Waals surface area (Å²) in [6.45, 7) is 5.44. The molecule has 2 aromatic rings. The molecule has 1 amide bonds. The molecule has 0 radical (unpaired) electrons. The number of fused-ring (bicyclic) bond motifs is 1. The van der Waals surface area contributed by atoms with Crippen LogP contribution in [-0.4, -0.2) is 31.6 Å². The van der Waals surface area contributed by atoms with E-state index in [1.165, 1.54) is 13.2 Å². The molecule has 7 heteroatoms. The monoisotopic (exact) mass is 361 g/mol. The number of aryl methyl sites for hydroxylation is 1. The fourth-order valence-corrected chi connectivity index (χ4v) is 2.61. The summed E-state index contributed by atoms with van der Waals surface area (Å²) in [5.41, 5.74) is 0.745. The van der Waals surface area contributed by atoms with Gasteiger partial charge in [-0.25, -0.2) is 9.59 Å². The summed E-state index contributed by atoms with van der Waals surface area (Å²) in [7, 11) is 1.28. The topological polar surface area (TPSA) is 94.8 Å². The summed E-state index contributed by atoms with van der Waals surface area (Å²) in [6.07, 6.45) is 0.471. The van der Waals surface area contributed by atoms with Crippen LogP contribution in [0.15, 0.2) is 33.5 Å². The first-order valence-electron chi connectivity index (χ1n) is 8.34. The van der Waals surface area contributed by atoms with Crippen molar-refractivity contribution < 1.29 is 23.5 Å². The number of benzene rings is 1. The van der Waals surface area contributed by atoms with Crippen LogP contribution in [0.3, 0.4) is 0 Å². The smallest absolute Gasteiger partial charge is 0.336 e. The van der Waals surface area contributed by atoms with Gasteiger partial charge in [-0.05, 0) is 37.0 Å². The number of ether oxygens (including phenoxy) is 2. The Morgan fingerprint density at radius 1 is 1.23 bits per heavy atom. The Morgan fingerprint density at radius 2 is 1.96 bits per heavy atom. The third-order valence-corrected chi connectivity index (χ3v) is 3.82. The Kier molecular flexibility index (Phi) is 6.38. The van der Waals surface area contributed by atoms with Crippen LogP contribution in [0.2, 0.25) is 0 Å². The van der Waals surface area contributed by atoms with Crippen molar-refractivity contribution in [1.82, 2.24) is 5.32 Å². The molecular formula is C19H23NO6. The molecule has 0 spiro atoms. The lowest BCUT2D eigenvalue weighted by Gasteiger charge is -2.18. The second-order valence-corrected chi connectivity index (χ2v) is 6.47. The van der Waals surface area contributed by atoms with E-state index in [2.05, 4.69) is 5.32 Å². The Labute approximate surface area is 151 Å². The molecule has 0 aliphatic rings. The third-order valence-electron chi connectivity index (χ3n) is 3.82. The van der Waals surface area contributed by atoms with Crippen LogP contribution >= 0.6 is 0 Å². The van der Waals surface area contributed by atoms with E-state index in [0.29, 0.717) is 17.8 Å². The highest BCUT2D eigenvalue weighted by atomic mass is 16.5. The fourth-order valence-electron chi connectivity index (χ4n) is 2.61. The summed E-state index contributed by atoms with van der Waals surface area (Å²) >= 11 is 0. The van der Waals surface area contributed by atoms with Crippen LogP contribution in [0.4, 0.5) is 0 Å². The summed E-state index contributed by atoms with van der Waals surface area (Å²) in [4.78, 5) is 35.3. The van der Waals surface area contributed by atoms with Crippen LogP contribution in [0.5, 0.6) is 5.75 Å². The lowest BCUT2D eigenvalue weighted by atomic mass is 10.0. The van der Waals surface area contributed by atoms with Crippen molar-refractivity contribution in [1.29, 1.82) is 0 Å². The SMILES string of the molecule is COC(=O)C(CC(C)C)NC(=O)COc1ccc2c(C)cc(=O)oc2c1. The van der Waals surface area contributed by atoms with E-state index in [4.69, 9.17) is 13.9 Å². The summed E-state index contributed by atoms with van der Waals surface area (Å²) in [5, 5.41) is 3.41. The number of methoxy groups -OCH3 is 1. The van der Waals surface area contributed by atoms with E-state index in [-0.39, 0.29) is 12.5 Å². The molecule has 0 bridgehead atoms. The maximum absolute atomic E-state index is 12.1. The van der Waals surface area contributed by atoms with Crippen LogP contribution in [0.1, 0.15) is 25.8 Å². The molecule has 1 atom stereocenters. The molecule has 0 fully saturated rings. The summed E-state index contributed by atoms with van der Waals surface area (Å²) in [6, 6.07) is 5.71. The Balaban J connectivity index is 2.03. The standard InChI is InChI=1S/C19H23NO6/c1-11(2)7-15(19(23)24-4)20-17(21)10-25-13-5-6-14-12(3)8-18(22)26-16(14)9-13/h5-6,8-9,11,15H,7,10H2,1-4H3,(H,20,21). The first-order chi connectivity index (χ1) is 12.3. The third kappa shape index (κ3) is 5.08. The predicted octanol–water partition coefficient (Wildman–Crippen LogP) is 2.18. The molecule has 0 saturated carbocycles. The van der Waals surface area contributed by atoms with E-state index in [1.54, 1.807) is 18.2 Å².